The van der Waals surface area contributed by atoms with Crippen LogP contribution >= 0.6 is 12.4 Å². The second-order valence-electron chi connectivity index (χ2n) is 4.98. The van der Waals surface area contributed by atoms with Crippen molar-refractivity contribution in [3.63, 3.8) is 0 Å². The van der Waals surface area contributed by atoms with Gasteiger partial charge in [0.15, 0.2) is 0 Å². The van der Waals surface area contributed by atoms with Gasteiger partial charge in [0, 0.05) is 13.2 Å². The fourth-order valence-corrected chi connectivity index (χ4v) is 1.75. The minimum atomic E-state index is -0.626. The lowest BCUT2D eigenvalue weighted by Gasteiger charge is -2.15. The smallest absolute Gasteiger partial charge is 0.237 e. The van der Waals surface area contributed by atoms with Crippen LogP contribution in [0.5, 0.6) is 0 Å². The maximum atomic E-state index is 11.6. The van der Waals surface area contributed by atoms with Crippen molar-refractivity contribution in [2.75, 3.05) is 26.3 Å². The van der Waals surface area contributed by atoms with Crippen LogP contribution in [-0.4, -0.2) is 49.5 Å². The van der Waals surface area contributed by atoms with Crippen LogP contribution in [0.3, 0.4) is 0 Å². The molecule has 1 rings (SSSR count). The van der Waals surface area contributed by atoms with Gasteiger partial charge in [-0.15, -0.1) is 12.4 Å². The summed E-state index contributed by atoms with van der Waals surface area (Å²) in [6.07, 6.45) is 1.29. The third-order valence-corrected chi connectivity index (χ3v) is 2.65. The number of hydrogen-bond donors (Lipinski definition) is 3. The molecule has 0 aromatic rings. The van der Waals surface area contributed by atoms with Crippen molar-refractivity contribution < 1.29 is 14.6 Å². The summed E-state index contributed by atoms with van der Waals surface area (Å²) in [7, 11) is 0. The molecule has 6 heteroatoms. The molecule has 0 aliphatic carbocycles. The van der Waals surface area contributed by atoms with E-state index in [4.69, 9.17) is 4.74 Å². The molecule has 2 atom stereocenters. The summed E-state index contributed by atoms with van der Waals surface area (Å²) in [6, 6.07) is -0.0845. The average Bonchev–Trinajstić information content (AvgIpc) is 2.78. The van der Waals surface area contributed by atoms with E-state index in [1.54, 1.807) is 0 Å². The molecule has 0 radical (unpaired) electrons. The van der Waals surface area contributed by atoms with E-state index in [9.17, 15) is 9.90 Å². The monoisotopic (exact) mass is 280 g/mol. The van der Waals surface area contributed by atoms with Gasteiger partial charge in [0.2, 0.25) is 5.91 Å². The van der Waals surface area contributed by atoms with Crippen LogP contribution < -0.4 is 10.6 Å². The molecular weight excluding hydrogens is 256 g/mol. The third kappa shape index (κ3) is 7.16. The molecular formula is C12H25ClN2O3. The molecule has 0 aromatic carbocycles. The van der Waals surface area contributed by atoms with Crippen LogP contribution in [0.1, 0.15) is 26.7 Å². The van der Waals surface area contributed by atoms with Crippen LogP contribution in [0.25, 0.3) is 0 Å². The molecule has 18 heavy (non-hydrogen) atoms. The highest BCUT2D eigenvalue weighted by atomic mass is 35.5. The van der Waals surface area contributed by atoms with E-state index in [2.05, 4.69) is 24.5 Å². The van der Waals surface area contributed by atoms with Gasteiger partial charge in [-0.25, -0.2) is 0 Å². The summed E-state index contributed by atoms with van der Waals surface area (Å²) in [5.74, 6) is 0.435. The second kappa shape index (κ2) is 9.55. The highest BCUT2D eigenvalue weighted by molar-refractivity contribution is 5.85. The summed E-state index contributed by atoms with van der Waals surface area (Å²) in [5.41, 5.74) is 0. The normalized spacial score (nSPS) is 20.6. The fraction of sp³-hybridized carbons (Fsp3) is 0.917. The molecule has 1 amide bonds. The average molecular weight is 281 g/mol. The number of ether oxygens (including phenoxy) is 1. The van der Waals surface area contributed by atoms with Crippen molar-refractivity contribution in [3.05, 3.63) is 0 Å². The van der Waals surface area contributed by atoms with Crippen LogP contribution in [0.15, 0.2) is 0 Å². The Bertz CT molecular complexity index is 233. The topological polar surface area (TPSA) is 70.6 Å². The summed E-state index contributed by atoms with van der Waals surface area (Å²) >= 11 is 0. The highest BCUT2D eigenvalue weighted by Crippen LogP contribution is 2.04. The molecule has 1 aliphatic rings. The Morgan fingerprint density at radius 2 is 2.22 bits per heavy atom. The Hall–Kier alpha value is -0.360. The van der Waals surface area contributed by atoms with Gasteiger partial charge in [0.25, 0.3) is 0 Å². The van der Waals surface area contributed by atoms with Gasteiger partial charge in [-0.2, -0.15) is 0 Å². The number of carbonyl (C=O) groups is 1. The minimum absolute atomic E-state index is 0. The molecule has 3 N–H and O–H groups in total. The Balaban J connectivity index is 0.00000289. The number of aliphatic hydroxyl groups is 1. The van der Waals surface area contributed by atoms with Crippen LogP contribution in [-0.2, 0) is 9.53 Å². The summed E-state index contributed by atoms with van der Waals surface area (Å²) < 4.78 is 5.30. The van der Waals surface area contributed by atoms with Crippen molar-refractivity contribution in [1.82, 2.24) is 10.6 Å². The largest absolute Gasteiger partial charge is 0.389 e. The molecule has 0 saturated carbocycles. The van der Waals surface area contributed by atoms with E-state index in [0.29, 0.717) is 12.5 Å². The first-order chi connectivity index (χ1) is 8.09. The molecule has 2 unspecified atom stereocenters. The zero-order chi connectivity index (χ0) is 12.7. The van der Waals surface area contributed by atoms with Crippen LogP contribution in [0, 0.1) is 5.92 Å². The number of carbonyl (C=O) groups excluding carboxylic acids is 1. The van der Waals surface area contributed by atoms with Gasteiger partial charge in [0.05, 0.1) is 18.8 Å². The quantitative estimate of drug-likeness (QED) is 0.628. The van der Waals surface area contributed by atoms with Gasteiger partial charge < -0.3 is 20.5 Å². The molecule has 1 heterocycles. The molecule has 108 valence electrons. The maximum Gasteiger partial charge on any atom is 0.237 e. The predicted molar refractivity (Wildman–Crippen MR) is 72.9 cm³/mol. The molecule has 1 fully saturated rings. The fourth-order valence-electron chi connectivity index (χ4n) is 1.75. The zero-order valence-electron chi connectivity index (χ0n) is 11.1. The number of hydrogen-bond acceptors (Lipinski definition) is 4. The van der Waals surface area contributed by atoms with Crippen molar-refractivity contribution in [2.24, 2.45) is 5.92 Å². The van der Waals surface area contributed by atoms with Crippen LogP contribution in [0.4, 0.5) is 0 Å². The first kappa shape index (κ1) is 17.6. The predicted octanol–water partition coefficient (Wildman–Crippen LogP) is 0.310. The zero-order valence-corrected chi connectivity index (χ0v) is 12.0. The second-order valence-corrected chi connectivity index (χ2v) is 4.98. The minimum Gasteiger partial charge on any atom is -0.389 e. The Labute approximate surface area is 115 Å². The van der Waals surface area contributed by atoms with Crippen molar-refractivity contribution in [3.8, 4) is 0 Å². The molecule has 0 spiro atoms. The first-order valence-electron chi connectivity index (χ1n) is 6.36. The van der Waals surface area contributed by atoms with Gasteiger partial charge in [-0.05, 0) is 25.3 Å². The maximum absolute atomic E-state index is 11.6. The molecule has 0 bridgehead atoms. The Morgan fingerprint density at radius 3 is 2.78 bits per heavy atom. The van der Waals surface area contributed by atoms with Gasteiger partial charge in [-0.1, -0.05) is 13.8 Å². The third-order valence-electron chi connectivity index (χ3n) is 2.65. The first-order valence-corrected chi connectivity index (χ1v) is 6.36. The molecule has 1 saturated heterocycles. The van der Waals surface area contributed by atoms with E-state index >= 15 is 0 Å². The standard InChI is InChI=1S/C12H24N2O3.ClH/c1-9(2)7-17-8-10(15)6-14-12(16)11-4-3-5-13-11;/h9-11,13,15H,3-8H2,1-2H3,(H,14,16);1H. The van der Waals surface area contributed by atoms with Crippen molar-refractivity contribution in [2.45, 2.75) is 38.8 Å². The lowest BCUT2D eigenvalue weighted by atomic mass is 10.2. The number of amides is 1. The molecule has 1 aliphatic heterocycles. The van der Waals surface area contributed by atoms with E-state index in [1.165, 1.54) is 0 Å². The van der Waals surface area contributed by atoms with Gasteiger partial charge >= 0.3 is 0 Å². The number of nitrogens with one attached hydrogen (secondary N) is 2. The number of aliphatic hydroxyl groups excluding tert-OH is 1. The van der Waals surface area contributed by atoms with E-state index in [0.717, 1.165) is 19.4 Å². The lowest BCUT2D eigenvalue weighted by Crippen LogP contribution is -2.44. The van der Waals surface area contributed by atoms with Gasteiger partial charge in [-0.3, -0.25) is 4.79 Å². The Morgan fingerprint density at radius 1 is 1.50 bits per heavy atom. The van der Waals surface area contributed by atoms with E-state index in [1.807, 2.05) is 0 Å². The highest BCUT2D eigenvalue weighted by Gasteiger charge is 2.22. The van der Waals surface area contributed by atoms with E-state index in [-0.39, 0.29) is 37.5 Å². The Kier molecular flexibility index (Phi) is 9.36. The summed E-state index contributed by atoms with van der Waals surface area (Å²) in [6.45, 7) is 6.18. The van der Waals surface area contributed by atoms with Crippen molar-refractivity contribution >= 4 is 18.3 Å². The summed E-state index contributed by atoms with van der Waals surface area (Å²) in [4.78, 5) is 11.6. The van der Waals surface area contributed by atoms with Crippen LogP contribution in [0.2, 0.25) is 0 Å². The van der Waals surface area contributed by atoms with Crippen molar-refractivity contribution in [1.29, 1.82) is 0 Å². The number of halogens is 1. The molecule has 0 aromatic heterocycles. The number of rotatable bonds is 7. The van der Waals surface area contributed by atoms with Gasteiger partial charge in [0.1, 0.15) is 0 Å². The SMILES string of the molecule is CC(C)COCC(O)CNC(=O)C1CCCN1.Cl. The van der Waals surface area contributed by atoms with E-state index < -0.39 is 6.10 Å². The summed E-state index contributed by atoms with van der Waals surface area (Å²) in [5, 5.41) is 15.4. The molecule has 5 nitrogen and oxygen atoms in total. The lowest BCUT2D eigenvalue weighted by molar-refractivity contribution is -0.123.